The molecule has 0 radical (unpaired) electrons. The van der Waals surface area contributed by atoms with Crippen LogP contribution in [0.1, 0.15) is 10.4 Å². The minimum Gasteiger partial charge on any atom is -0.422 e. The quantitative estimate of drug-likeness (QED) is 0.427. The summed E-state index contributed by atoms with van der Waals surface area (Å²) in [4.78, 5) is 28.9. The van der Waals surface area contributed by atoms with E-state index in [1.165, 1.54) is 17.4 Å². The molecule has 0 atom stereocenters. The molecule has 0 fully saturated rings. The summed E-state index contributed by atoms with van der Waals surface area (Å²) in [5, 5.41) is 5.52. The summed E-state index contributed by atoms with van der Waals surface area (Å²) in [6.07, 6.45) is 0. The number of nitrogens with one attached hydrogen (secondary N) is 1. The van der Waals surface area contributed by atoms with Crippen LogP contribution in [0.4, 0.5) is 10.8 Å². The number of amides is 1. The number of nitrogens with zero attached hydrogens (tertiary/aromatic N) is 1. The van der Waals surface area contributed by atoms with E-state index in [1.807, 2.05) is 23.6 Å². The van der Waals surface area contributed by atoms with Crippen LogP contribution in [0.5, 0.6) is 0 Å². The molecule has 2 aromatic heterocycles. The third-order valence-electron chi connectivity index (χ3n) is 3.79. The van der Waals surface area contributed by atoms with E-state index in [-0.39, 0.29) is 5.56 Å². The molecule has 26 heavy (non-hydrogen) atoms. The molecule has 0 spiro atoms. The van der Waals surface area contributed by atoms with Gasteiger partial charge >= 0.3 is 5.63 Å². The zero-order valence-electron chi connectivity index (χ0n) is 13.4. The summed E-state index contributed by atoms with van der Waals surface area (Å²) in [6.45, 7) is 0. The van der Waals surface area contributed by atoms with E-state index >= 15 is 0 Å². The third-order valence-corrected chi connectivity index (χ3v) is 4.55. The Morgan fingerprint density at radius 2 is 1.96 bits per heavy atom. The van der Waals surface area contributed by atoms with Crippen molar-refractivity contribution in [2.75, 3.05) is 11.1 Å². The van der Waals surface area contributed by atoms with Gasteiger partial charge in [0.05, 0.1) is 5.69 Å². The summed E-state index contributed by atoms with van der Waals surface area (Å²) >= 11 is 1.27. The van der Waals surface area contributed by atoms with Crippen LogP contribution >= 0.6 is 11.3 Å². The molecule has 0 saturated carbocycles. The molecular weight excluding hydrogens is 350 g/mol. The molecular formula is C19H13N3O3S. The molecule has 0 aliphatic heterocycles. The van der Waals surface area contributed by atoms with Crippen LogP contribution < -0.4 is 16.7 Å². The standard InChI is InChI=1S/C19H13N3O3S/c20-13-6-3-5-11(8-13)15-10-26-19(21-15)22-17(23)14-9-12-4-1-2-7-16(12)25-18(14)24/h1-10H,20H2,(H,21,22,23). The molecule has 4 aromatic rings. The molecule has 0 saturated heterocycles. The van der Waals surface area contributed by atoms with Crippen molar-refractivity contribution in [3.8, 4) is 11.3 Å². The first-order valence-corrected chi connectivity index (χ1v) is 8.64. The van der Waals surface area contributed by atoms with Crippen molar-refractivity contribution in [2.45, 2.75) is 0 Å². The molecule has 3 N–H and O–H groups in total. The van der Waals surface area contributed by atoms with Gasteiger partial charge in [-0.15, -0.1) is 11.3 Å². The van der Waals surface area contributed by atoms with E-state index in [1.54, 1.807) is 30.3 Å². The minimum absolute atomic E-state index is 0.0654. The van der Waals surface area contributed by atoms with Crippen molar-refractivity contribution < 1.29 is 9.21 Å². The average Bonchev–Trinajstić information content (AvgIpc) is 3.09. The summed E-state index contributed by atoms with van der Waals surface area (Å²) in [6, 6.07) is 15.9. The lowest BCUT2D eigenvalue weighted by Crippen LogP contribution is -2.20. The summed E-state index contributed by atoms with van der Waals surface area (Å²) in [5.41, 5.74) is 7.65. The van der Waals surface area contributed by atoms with Crippen LogP contribution in [0.25, 0.3) is 22.2 Å². The number of aromatic nitrogens is 1. The number of benzene rings is 2. The minimum atomic E-state index is -0.686. The Hall–Kier alpha value is -3.45. The number of rotatable bonds is 3. The third kappa shape index (κ3) is 3.07. The lowest BCUT2D eigenvalue weighted by molar-refractivity contribution is 0.102. The Labute approximate surface area is 151 Å². The Balaban J connectivity index is 1.61. The normalized spacial score (nSPS) is 10.8. The highest BCUT2D eigenvalue weighted by molar-refractivity contribution is 7.14. The summed E-state index contributed by atoms with van der Waals surface area (Å²) < 4.78 is 5.19. The van der Waals surface area contributed by atoms with Crippen LogP contribution in [0.2, 0.25) is 0 Å². The first-order chi connectivity index (χ1) is 12.6. The van der Waals surface area contributed by atoms with Gasteiger partial charge in [-0.25, -0.2) is 9.78 Å². The number of hydrogen-bond donors (Lipinski definition) is 2. The second-order valence-electron chi connectivity index (χ2n) is 5.60. The van der Waals surface area contributed by atoms with Gasteiger partial charge in [-0.05, 0) is 24.3 Å². The number of fused-ring (bicyclic) bond motifs is 1. The first kappa shape index (κ1) is 16.0. The molecule has 1 amide bonds. The molecule has 6 nitrogen and oxygen atoms in total. The van der Waals surface area contributed by atoms with Gasteiger partial charge in [-0.1, -0.05) is 30.3 Å². The van der Waals surface area contributed by atoms with E-state index in [2.05, 4.69) is 10.3 Å². The molecule has 2 heterocycles. The average molecular weight is 363 g/mol. The molecule has 7 heteroatoms. The van der Waals surface area contributed by atoms with E-state index in [9.17, 15) is 9.59 Å². The number of carbonyl (C=O) groups is 1. The largest absolute Gasteiger partial charge is 0.422 e. The lowest BCUT2D eigenvalue weighted by Gasteiger charge is -2.02. The van der Waals surface area contributed by atoms with Gasteiger partial charge in [0.1, 0.15) is 11.1 Å². The smallest absolute Gasteiger partial charge is 0.349 e. The van der Waals surface area contributed by atoms with Gasteiger partial charge in [-0.2, -0.15) is 0 Å². The Bertz CT molecular complexity index is 1180. The first-order valence-electron chi connectivity index (χ1n) is 7.76. The van der Waals surface area contributed by atoms with E-state index in [0.717, 1.165) is 5.56 Å². The summed E-state index contributed by atoms with van der Waals surface area (Å²) in [7, 11) is 0. The number of nitrogens with two attached hydrogens (primary N) is 1. The monoisotopic (exact) mass is 363 g/mol. The van der Waals surface area contributed by atoms with Gasteiger partial charge in [0.25, 0.3) is 5.91 Å². The van der Waals surface area contributed by atoms with Gasteiger partial charge in [0.15, 0.2) is 5.13 Å². The van der Waals surface area contributed by atoms with Gasteiger partial charge in [-0.3, -0.25) is 10.1 Å². The Morgan fingerprint density at radius 3 is 2.81 bits per heavy atom. The number of thiazole rings is 1. The van der Waals surface area contributed by atoms with Gasteiger partial charge < -0.3 is 10.2 Å². The van der Waals surface area contributed by atoms with Crippen molar-refractivity contribution in [3.05, 3.63) is 76.0 Å². The van der Waals surface area contributed by atoms with Crippen molar-refractivity contribution in [1.82, 2.24) is 4.98 Å². The molecule has 0 aliphatic carbocycles. The fraction of sp³-hybridized carbons (Fsp3) is 0. The van der Waals surface area contributed by atoms with Crippen LogP contribution in [0.3, 0.4) is 0 Å². The molecule has 0 bridgehead atoms. The number of hydrogen-bond acceptors (Lipinski definition) is 6. The number of anilines is 2. The highest BCUT2D eigenvalue weighted by Crippen LogP contribution is 2.26. The van der Waals surface area contributed by atoms with E-state index in [4.69, 9.17) is 10.2 Å². The second kappa shape index (κ2) is 6.45. The maximum atomic E-state index is 12.5. The molecule has 0 aliphatic rings. The lowest BCUT2D eigenvalue weighted by atomic mass is 10.1. The van der Waals surface area contributed by atoms with Crippen LogP contribution in [0.15, 0.2) is 69.2 Å². The predicted octanol–water partition coefficient (Wildman–Crippen LogP) is 3.75. The zero-order valence-corrected chi connectivity index (χ0v) is 14.2. The van der Waals surface area contributed by atoms with Crippen molar-refractivity contribution >= 4 is 39.0 Å². The van der Waals surface area contributed by atoms with Crippen molar-refractivity contribution in [2.24, 2.45) is 0 Å². The number of para-hydroxylation sites is 1. The van der Waals surface area contributed by atoms with Crippen molar-refractivity contribution in [3.63, 3.8) is 0 Å². The van der Waals surface area contributed by atoms with Crippen LogP contribution in [0, 0.1) is 0 Å². The van der Waals surface area contributed by atoms with Gasteiger partial charge in [0.2, 0.25) is 0 Å². The molecule has 2 aromatic carbocycles. The fourth-order valence-corrected chi connectivity index (χ4v) is 3.26. The predicted molar refractivity (Wildman–Crippen MR) is 102 cm³/mol. The fourth-order valence-electron chi connectivity index (χ4n) is 2.55. The highest BCUT2D eigenvalue weighted by Gasteiger charge is 2.15. The van der Waals surface area contributed by atoms with E-state index in [0.29, 0.717) is 27.5 Å². The maximum absolute atomic E-state index is 12.5. The molecule has 128 valence electrons. The zero-order chi connectivity index (χ0) is 18.1. The number of carbonyl (C=O) groups excluding carboxylic acids is 1. The topological polar surface area (TPSA) is 98.2 Å². The Kier molecular flexibility index (Phi) is 3.98. The summed E-state index contributed by atoms with van der Waals surface area (Å²) in [5.74, 6) is -0.557. The van der Waals surface area contributed by atoms with Crippen molar-refractivity contribution in [1.29, 1.82) is 0 Å². The Morgan fingerprint density at radius 1 is 1.12 bits per heavy atom. The maximum Gasteiger partial charge on any atom is 0.349 e. The van der Waals surface area contributed by atoms with Crippen LogP contribution in [-0.4, -0.2) is 10.9 Å². The molecule has 0 unspecified atom stereocenters. The van der Waals surface area contributed by atoms with Crippen LogP contribution in [-0.2, 0) is 0 Å². The SMILES string of the molecule is Nc1cccc(-c2csc(NC(=O)c3cc4ccccc4oc3=O)n2)c1. The van der Waals surface area contributed by atoms with E-state index < -0.39 is 11.5 Å². The second-order valence-corrected chi connectivity index (χ2v) is 6.46. The highest BCUT2D eigenvalue weighted by atomic mass is 32.1. The molecule has 4 rings (SSSR count). The number of nitrogen functional groups attached to an aromatic ring is 1. The van der Waals surface area contributed by atoms with Gasteiger partial charge in [0, 0.05) is 22.0 Å².